The standard InChI is InChI=1S/C14H17BClFO2.C2H6/c1-13(2)14(3,4)19-15(18-13)12(16)9-10-5-7-11(17)8-6-10;1-2/h5-9H,1-4H3;1-2H3/b12-9+;. The third-order valence-corrected chi connectivity index (χ3v) is 3.94. The topological polar surface area (TPSA) is 18.5 Å². The molecule has 0 radical (unpaired) electrons. The second kappa shape index (κ2) is 6.95. The predicted octanol–water partition coefficient (Wildman–Crippen LogP) is 5.06. The summed E-state index contributed by atoms with van der Waals surface area (Å²) in [6.07, 6.45) is 1.73. The van der Waals surface area contributed by atoms with Crippen LogP contribution in [0.4, 0.5) is 4.39 Å². The van der Waals surface area contributed by atoms with Crippen LogP contribution in [-0.2, 0) is 9.31 Å². The average molecular weight is 313 g/mol. The van der Waals surface area contributed by atoms with E-state index in [0.717, 1.165) is 5.56 Å². The van der Waals surface area contributed by atoms with Crippen LogP contribution in [0.5, 0.6) is 0 Å². The van der Waals surface area contributed by atoms with Crippen molar-refractivity contribution in [2.45, 2.75) is 52.7 Å². The molecule has 21 heavy (non-hydrogen) atoms. The van der Waals surface area contributed by atoms with Crippen LogP contribution in [0.15, 0.2) is 29.2 Å². The molecule has 0 spiro atoms. The Kier molecular flexibility index (Phi) is 6.03. The largest absolute Gasteiger partial charge is 0.506 e. The second-order valence-corrected chi connectivity index (χ2v) is 6.11. The van der Waals surface area contributed by atoms with Crippen LogP contribution in [0.1, 0.15) is 47.1 Å². The number of benzene rings is 1. The summed E-state index contributed by atoms with van der Waals surface area (Å²) in [5.41, 5.74) is -0.0378. The zero-order valence-electron chi connectivity index (χ0n) is 13.5. The van der Waals surface area contributed by atoms with E-state index in [-0.39, 0.29) is 5.82 Å². The number of rotatable bonds is 2. The second-order valence-electron chi connectivity index (χ2n) is 5.67. The highest BCUT2D eigenvalue weighted by atomic mass is 35.5. The molecule has 0 aliphatic carbocycles. The summed E-state index contributed by atoms with van der Waals surface area (Å²) in [6.45, 7) is 11.9. The van der Waals surface area contributed by atoms with Crippen LogP contribution in [0.25, 0.3) is 6.08 Å². The van der Waals surface area contributed by atoms with E-state index in [1.165, 1.54) is 12.1 Å². The molecule has 1 fully saturated rings. The molecule has 5 heteroatoms. The molecule has 1 saturated heterocycles. The van der Waals surface area contributed by atoms with Gasteiger partial charge in [0.15, 0.2) is 0 Å². The van der Waals surface area contributed by atoms with E-state index in [1.54, 1.807) is 18.2 Å². The van der Waals surface area contributed by atoms with Crippen molar-refractivity contribution >= 4 is 24.8 Å². The molecule has 1 aliphatic rings. The SMILES string of the molecule is CC.CC1(C)OB(/C(Cl)=C\c2ccc(F)cc2)OC1(C)C. The van der Waals surface area contributed by atoms with Gasteiger partial charge in [-0.25, -0.2) is 4.39 Å². The Morgan fingerprint density at radius 3 is 1.90 bits per heavy atom. The van der Waals surface area contributed by atoms with Gasteiger partial charge in [0.2, 0.25) is 0 Å². The Morgan fingerprint density at radius 1 is 1.05 bits per heavy atom. The minimum atomic E-state index is -0.586. The summed E-state index contributed by atoms with van der Waals surface area (Å²) in [5, 5.41) is 0. The van der Waals surface area contributed by atoms with Gasteiger partial charge >= 0.3 is 7.12 Å². The van der Waals surface area contributed by atoms with E-state index in [2.05, 4.69) is 0 Å². The maximum Gasteiger partial charge on any atom is 0.506 e. The number of hydrogen-bond donors (Lipinski definition) is 0. The van der Waals surface area contributed by atoms with E-state index < -0.39 is 18.3 Å². The highest BCUT2D eigenvalue weighted by Gasteiger charge is 2.52. The highest BCUT2D eigenvalue weighted by molar-refractivity contribution is 6.71. The van der Waals surface area contributed by atoms with Crippen molar-refractivity contribution in [1.29, 1.82) is 0 Å². The van der Waals surface area contributed by atoms with Crippen LogP contribution >= 0.6 is 11.6 Å². The molecule has 116 valence electrons. The van der Waals surface area contributed by atoms with Crippen molar-refractivity contribution in [3.05, 3.63) is 40.6 Å². The lowest BCUT2D eigenvalue weighted by Gasteiger charge is -2.32. The zero-order valence-corrected chi connectivity index (χ0v) is 14.3. The maximum absolute atomic E-state index is 12.8. The summed E-state index contributed by atoms with van der Waals surface area (Å²) in [5.74, 6) is -0.274. The van der Waals surface area contributed by atoms with Crippen molar-refractivity contribution in [3.8, 4) is 0 Å². The fraction of sp³-hybridized carbons (Fsp3) is 0.500. The van der Waals surface area contributed by atoms with Gasteiger partial charge in [0, 0.05) is 4.93 Å². The lowest BCUT2D eigenvalue weighted by molar-refractivity contribution is 0.00578. The van der Waals surface area contributed by atoms with Gasteiger partial charge in [0.1, 0.15) is 5.82 Å². The molecule has 1 heterocycles. The fourth-order valence-electron chi connectivity index (χ4n) is 1.74. The van der Waals surface area contributed by atoms with E-state index in [1.807, 2.05) is 41.5 Å². The van der Waals surface area contributed by atoms with Crippen molar-refractivity contribution in [3.63, 3.8) is 0 Å². The Balaban J connectivity index is 0.00000106. The first-order valence-electron chi connectivity index (χ1n) is 7.20. The number of hydrogen-bond acceptors (Lipinski definition) is 2. The van der Waals surface area contributed by atoms with Gasteiger partial charge in [0.05, 0.1) is 11.2 Å². The Bertz CT molecular complexity index is 482. The quantitative estimate of drug-likeness (QED) is 0.710. The molecular weight excluding hydrogens is 289 g/mol. The molecule has 0 bridgehead atoms. The predicted molar refractivity (Wildman–Crippen MR) is 87.7 cm³/mol. The lowest BCUT2D eigenvalue weighted by Crippen LogP contribution is -2.41. The summed E-state index contributed by atoms with van der Waals surface area (Å²) >= 11 is 6.23. The first-order valence-corrected chi connectivity index (χ1v) is 7.57. The Morgan fingerprint density at radius 2 is 1.48 bits per heavy atom. The zero-order chi connectivity index (χ0) is 16.3. The molecule has 0 amide bonds. The van der Waals surface area contributed by atoms with Crippen LogP contribution < -0.4 is 0 Å². The molecule has 1 aromatic rings. The summed E-state index contributed by atoms with van der Waals surface area (Å²) < 4.78 is 24.5. The Hall–Kier alpha value is -0.835. The third kappa shape index (κ3) is 4.32. The van der Waals surface area contributed by atoms with Gasteiger partial charge < -0.3 is 9.31 Å². The van der Waals surface area contributed by atoms with Gasteiger partial charge in [-0.3, -0.25) is 0 Å². The van der Waals surface area contributed by atoms with Gasteiger partial charge in [-0.1, -0.05) is 37.6 Å². The van der Waals surface area contributed by atoms with Gasteiger partial charge in [-0.05, 0) is 51.5 Å². The van der Waals surface area contributed by atoms with E-state index in [0.29, 0.717) is 4.93 Å². The maximum atomic E-state index is 12.8. The van der Waals surface area contributed by atoms with Gasteiger partial charge in [-0.15, -0.1) is 0 Å². The van der Waals surface area contributed by atoms with Gasteiger partial charge in [-0.2, -0.15) is 0 Å². The van der Waals surface area contributed by atoms with E-state index >= 15 is 0 Å². The van der Waals surface area contributed by atoms with Crippen LogP contribution in [0.3, 0.4) is 0 Å². The smallest absolute Gasteiger partial charge is 0.399 e. The van der Waals surface area contributed by atoms with E-state index in [9.17, 15) is 4.39 Å². The van der Waals surface area contributed by atoms with Gasteiger partial charge in [0.25, 0.3) is 0 Å². The first kappa shape index (κ1) is 18.2. The fourth-order valence-corrected chi connectivity index (χ4v) is 1.96. The molecule has 0 unspecified atom stereocenters. The van der Waals surface area contributed by atoms with Crippen molar-refractivity contribution < 1.29 is 13.7 Å². The monoisotopic (exact) mass is 312 g/mol. The van der Waals surface area contributed by atoms with Crippen molar-refractivity contribution in [2.24, 2.45) is 0 Å². The average Bonchev–Trinajstić information content (AvgIpc) is 2.64. The molecular formula is C16H23BClFO2. The summed E-state index contributed by atoms with van der Waals surface area (Å²) in [4.78, 5) is 0.449. The molecule has 1 aliphatic heterocycles. The van der Waals surface area contributed by atoms with E-state index in [4.69, 9.17) is 20.9 Å². The molecule has 2 rings (SSSR count). The normalized spacial score (nSPS) is 20.0. The van der Waals surface area contributed by atoms with Crippen molar-refractivity contribution in [1.82, 2.24) is 0 Å². The summed E-state index contributed by atoms with van der Waals surface area (Å²) in [7, 11) is -0.586. The Labute approximate surface area is 132 Å². The van der Waals surface area contributed by atoms with Crippen LogP contribution in [0.2, 0.25) is 0 Å². The molecule has 0 atom stereocenters. The molecule has 0 aromatic heterocycles. The molecule has 1 aromatic carbocycles. The first-order chi connectivity index (χ1) is 9.71. The van der Waals surface area contributed by atoms with Crippen molar-refractivity contribution in [2.75, 3.05) is 0 Å². The van der Waals surface area contributed by atoms with Crippen LogP contribution in [-0.4, -0.2) is 18.3 Å². The molecule has 0 N–H and O–H groups in total. The molecule has 0 saturated carbocycles. The number of halogens is 2. The van der Waals surface area contributed by atoms with Crippen LogP contribution in [0, 0.1) is 5.82 Å². The third-order valence-electron chi connectivity index (χ3n) is 3.65. The summed E-state index contributed by atoms with van der Waals surface area (Å²) in [6, 6.07) is 6.09. The minimum absolute atomic E-state index is 0.274. The minimum Gasteiger partial charge on any atom is -0.399 e. The highest BCUT2D eigenvalue weighted by Crippen LogP contribution is 2.39. The lowest BCUT2D eigenvalue weighted by atomic mass is 9.88. The molecule has 2 nitrogen and oxygen atoms in total.